The maximum atomic E-state index is 5.33. The Balaban J connectivity index is 2.84. The van der Waals surface area contributed by atoms with Crippen LogP contribution in [-0.4, -0.2) is 23.1 Å². The van der Waals surface area contributed by atoms with Crippen molar-refractivity contribution in [2.75, 3.05) is 13.2 Å². The molecule has 1 aromatic heterocycles. The second-order valence-corrected chi connectivity index (χ2v) is 3.51. The third-order valence-electron chi connectivity index (χ3n) is 1.79. The smallest absolute Gasteiger partial charge is 0.316 e. The number of nitrogens with zero attached hydrogens (tertiary/aromatic N) is 2. The highest BCUT2D eigenvalue weighted by Gasteiger charge is 2.05. The molecule has 0 bridgehead atoms. The van der Waals surface area contributed by atoms with Crippen LogP contribution < -0.4 is 10.5 Å². The van der Waals surface area contributed by atoms with E-state index in [1.54, 1.807) is 0 Å². The second-order valence-electron chi connectivity index (χ2n) is 3.51. The van der Waals surface area contributed by atoms with Gasteiger partial charge in [0.05, 0.1) is 5.69 Å². The average Bonchev–Trinajstić information content (AvgIpc) is 2.14. The van der Waals surface area contributed by atoms with Crippen LogP contribution in [-0.2, 0) is 0 Å². The van der Waals surface area contributed by atoms with E-state index in [9.17, 15) is 0 Å². The van der Waals surface area contributed by atoms with Gasteiger partial charge in [-0.2, -0.15) is 4.98 Å². The lowest BCUT2D eigenvalue weighted by Gasteiger charge is -2.08. The third-order valence-corrected chi connectivity index (χ3v) is 1.79. The standard InChI is InChI=1S/C10H17N3O/c1-7(2)9-6-8(3)12-10(13-9)14-5-4-11/h6-7H,4-5,11H2,1-3H3. The maximum Gasteiger partial charge on any atom is 0.316 e. The minimum atomic E-state index is 0.386. The maximum absolute atomic E-state index is 5.33. The van der Waals surface area contributed by atoms with Gasteiger partial charge < -0.3 is 10.5 Å². The van der Waals surface area contributed by atoms with E-state index in [0.717, 1.165) is 11.4 Å². The van der Waals surface area contributed by atoms with E-state index in [4.69, 9.17) is 10.5 Å². The van der Waals surface area contributed by atoms with Crippen molar-refractivity contribution >= 4 is 0 Å². The summed E-state index contributed by atoms with van der Waals surface area (Å²) in [7, 11) is 0. The van der Waals surface area contributed by atoms with Gasteiger partial charge in [0.25, 0.3) is 0 Å². The Morgan fingerprint density at radius 3 is 2.71 bits per heavy atom. The number of ether oxygens (including phenoxy) is 1. The number of hydrogen-bond acceptors (Lipinski definition) is 4. The molecule has 1 aromatic rings. The van der Waals surface area contributed by atoms with Crippen LogP contribution in [0.25, 0.3) is 0 Å². The Bertz CT molecular complexity index is 299. The van der Waals surface area contributed by atoms with Crippen LogP contribution in [0, 0.1) is 6.92 Å². The fourth-order valence-corrected chi connectivity index (χ4v) is 1.08. The average molecular weight is 195 g/mol. The molecule has 0 aliphatic heterocycles. The normalized spacial score (nSPS) is 10.6. The molecule has 0 saturated heterocycles. The van der Waals surface area contributed by atoms with Gasteiger partial charge in [-0.25, -0.2) is 4.98 Å². The summed E-state index contributed by atoms with van der Waals surface area (Å²) in [4.78, 5) is 8.45. The van der Waals surface area contributed by atoms with Gasteiger partial charge in [0, 0.05) is 12.2 Å². The molecule has 0 saturated carbocycles. The van der Waals surface area contributed by atoms with Crippen LogP contribution in [0.15, 0.2) is 6.07 Å². The minimum Gasteiger partial charge on any atom is -0.462 e. The number of aryl methyl sites for hydroxylation is 1. The molecule has 0 aromatic carbocycles. The number of nitrogens with two attached hydrogens (primary N) is 1. The molecule has 2 N–H and O–H groups in total. The zero-order valence-corrected chi connectivity index (χ0v) is 8.95. The Morgan fingerprint density at radius 1 is 1.43 bits per heavy atom. The van der Waals surface area contributed by atoms with Gasteiger partial charge in [0.15, 0.2) is 0 Å². The summed E-state index contributed by atoms with van der Waals surface area (Å²) < 4.78 is 5.28. The highest BCUT2D eigenvalue weighted by atomic mass is 16.5. The quantitative estimate of drug-likeness (QED) is 0.785. The first kappa shape index (κ1) is 10.9. The molecule has 78 valence electrons. The van der Waals surface area contributed by atoms with Gasteiger partial charge in [-0.05, 0) is 18.9 Å². The van der Waals surface area contributed by atoms with Gasteiger partial charge in [0.2, 0.25) is 0 Å². The molecule has 0 amide bonds. The van der Waals surface area contributed by atoms with E-state index in [1.807, 2.05) is 13.0 Å². The molecular weight excluding hydrogens is 178 g/mol. The molecule has 0 aliphatic rings. The summed E-state index contributed by atoms with van der Waals surface area (Å²) in [5.41, 5.74) is 7.26. The molecule has 4 heteroatoms. The monoisotopic (exact) mass is 195 g/mol. The highest BCUT2D eigenvalue weighted by Crippen LogP contribution is 2.15. The molecule has 0 atom stereocenters. The Hall–Kier alpha value is -1.16. The van der Waals surface area contributed by atoms with Crippen LogP contribution in [0.1, 0.15) is 31.2 Å². The van der Waals surface area contributed by atoms with Crippen molar-refractivity contribution in [3.8, 4) is 6.01 Å². The van der Waals surface area contributed by atoms with Crippen LogP contribution in [0.3, 0.4) is 0 Å². The zero-order valence-electron chi connectivity index (χ0n) is 8.95. The highest BCUT2D eigenvalue weighted by molar-refractivity contribution is 5.15. The lowest BCUT2D eigenvalue weighted by Crippen LogP contribution is -2.13. The summed E-state index contributed by atoms with van der Waals surface area (Å²) in [5.74, 6) is 0.386. The van der Waals surface area contributed by atoms with E-state index in [2.05, 4.69) is 23.8 Å². The van der Waals surface area contributed by atoms with Crippen molar-refractivity contribution in [2.45, 2.75) is 26.7 Å². The summed E-state index contributed by atoms with van der Waals surface area (Å²) in [5, 5.41) is 0. The van der Waals surface area contributed by atoms with Gasteiger partial charge in [0.1, 0.15) is 6.61 Å². The molecule has 0 radical (unpaired) electrons. The largest absolute Gasteiger partial charge is 0.462 e. The topological polar surface area (TPSA) is 61.0 Å². The van der Waals surface area contributed by atoms with Gasteiger partial charge >= 0.3 is 6.01 Å². The SMILES string of the molecule is Cc1cc(C(C)C)nc(OCCN)n1. The third kappa shape index (κ3) is 2.96. The van der Waals surface area contributed by atoms with Crippen molar-refractivity contribution in [3.63, 3.8) is 0 Å². The predicted molar refractivity (Wildman–Crippen MR) is 55.4 cm³/mol. The summed E-state index contributed by atoms with van der Waals surface area (Å²) >= 11 is 0. The molecular formula is C10H17N3O. The fourth-order valence-electron chi connectivity index (χ4n) is 1.08. The van der Waals surface area contributed by atoms with Gasteiger partial charge in [-0.1, -0.05) is 13.8 Å². The Morgan fingerprint density at radius 2 is 2.14 bits per heavy atom. The molecule has 0 unspecified atom stereocenters. The number of rotatable bonds is 4. The first-order valence-corrected chi connectivity index (χ1v) is 4.82. The minimum absolute atomic E-state index is 0.386. The zero-order chi connectivity index (χ0) is 10.6. The molecule has 14 heavy (non-hydrogen) atoms. The molecule has 0 spiro atoms. The Kier molecular flexibility index (Phi) is 3.83. The van der Waals surface area contributed by atoms with Crippen molar-refractivity contribution in [2.24, 2.45) is 5.73 Å². The van der Waals surface area contributed by atoms with Crippen molar-refractivity contribution in [3.05, 3.63) is 17.5 Å². The second kappa shape index (κ2) is 4.91. The van der Waals surface area contributed by atoms with Crippen molar-refractivity contribution < 1.29 is 4.74 Å². The molecule has 1 rings (SSSR count). The predicted octanol–water partition coefficient (Wildman–Crippen LogP) is 1.25. The lowest BCUT2D eigenvalue weighted by atomic mass is 10.1. The Labute approximate surface area is 84.5 Å². The van der Waals surface area contributed by atoms with Gasteiger partial charge in [-0.15, -0.1) is 0 Å². The molecule has 0 fully saturated rings. The van der Waals surface area contributed by atoms with Crippen LogP contribution in [0.5, 0.6) is 6.01 Å². The summed E-state index contributed by atoms with van der Waals surface area (Å²) in [6, 6.07) is 2.40. The van der Waals surface area contributed by atoms with E-state index in [-0.39, 0.29) is 0 Å². The molecule has 4 nitrogen and oxygen atoms in total. The van der Waals surface area contributed by atoms with Crippen molar-refractivity contribution in [1.29, 1.82) is 0 Å². The van der Waals surface area contributed by atoms with E-state index in [1.165, 1.54) is 0 Å². The first-order valence-electron chi connectivity index (χ1n) is 4.82. The number of hydrogen-bond donors (Lipinski definition) is 1. The molecule has 1 heterocycles. The first-order chi connectivity index (χ1) is 6.63. The summed E-state index contributed by atoms with van der Waals surface area (Å²) in [6.07, 6.45) is 0. The van der Waals surface area contributed by atoms with E-state index in [0.29, 0.717) is 25.1 Å². The molecule has 0 aliphatic carbocycles. The van der Waals surface area contributed by atoms with Crippen LogP contribution in [0.2, 0.25) is 0 Å². The van der Waals surface area contributed by atoms with Gasteiger partial charge in [-0.3, -0.25) is 0 Å². The van der Waals surface area contributed by atoms with E-state index >= 15 is 0 Å². The summed E-state index contributed by atoms with van der Waals surface area (Å²) in [6.45, 7) is 7.06. The van der Waals surface area contributed by atoms with Crippen LogP contribution in [0.4, 0.5) is 0 Å². The van der Waals surface area contributed by atoms with Crippen molar-refractivity contribution in [1.82, 2.24) is 9.97 Å². The fraction of sp³-hybridized carbons (Fsp3) is 0.600. The number of aromatic nitrogens is 2. The van der Waals surface area contributed by atoms with E-state index < -0.39 is 0 Å². The van der Waals surface area contributed by atoms with Crippen LogP contribution >= 0.6 is 0 Å². The lowest BCUT2D eigenvalue weighted by molar-refractivity contribution is 0.300.